The normalized spacial score (nSPS) is 14.2. The van der Waals surface area contributed by atoms with Crippen molar-refractivity contribution in [3.63, 3.8) is 0 Å². The van der Waals surface area contributed by atoms with Crippen LogP contribution in [0.1, 0.15) is 20.8 Å². The summed E-state index contributed by atoms with van der Waals surface area (Å²) in [5.41, 5.74) is 5.62. The van der Waals surface area contributed by atoms with E-state index in [0.717, 1.165) is 5.82 Å². The molecule has 2 atom stereocenters. The molecule has 0 radical (unpaired) electrons. The lowest BCUT2D eigenvalue weighted by atomic mass is 10.0. The van der Waals surface area contributed by atoms with Crippen molar-refractivity contribution in [1.29, 1.82) is 0 Å². The maximum atomic E-state index is 5.62. The van der Waals surface area contributed by atoms with Gasteiger partial charge >= 0.3 is 0 Å². The highest BCUT2D eigenvalue weighted by Gasteiger charge is 2.10. The zero-order chi connectivity index (χ0) is 12.0. The number of ether oxygens (including phenoxy) is 1. The van der Waals surface area contributed by atoms with Crippen molar-refractivity contribution in [2.75, 3.05) is 18.5 Å². The minimum Gasteiger partial charge on any atom is -0.478 e. The molecule has 0 aliphatic rings. The molecule has 0 fully saturated rings. The number of hydrogen-bond donors (Lipinski definition) is 2. The fraction of sp³-hybridized carbons (Fsp3) is 0.583. The number of pyridine rings is 1. The highest BCUT2D eigenvalue weighted by atomic mass is 16.5. The van der Waals surface area contributed by atoms with Crippen molar-refractivity contribution in [2.24, 2.45) is 11.7 Å². The van der Waals surface area contributed by atoms with Crippen molar-refractivity contribution in [1.82, 2.24) is 4.98 Å². The first-order valence-electron chi connectivity index (χ1n) is 5.73. The lowest BCUT2D eigenvalue weighted by Crippen LogP contribution is -2.29. The molecule has 1 aromatic rings. The average molecular weight is 223 g/mol. The third-order valence-electron chi connectivity index (χ3n) is 2.62. The Morgan fingerprint density at radius 1 is 1.44 bits per heavy atom. The molecule has 3 N–H and O–H groups in total. The zero-order valence-electron chi connectivity index (χ0n) is 10.2. The Hall–Kier alpha value is -1.29. The number of nitrogens with one attached hydrogen (secondary N) is 1. The molecule has 1 rings (SSSR count). The molecule has 16 heavy (non-hydrogen) atoms. The summed E-state index contributed by atoms with van der Waals surface area (Å²) in [6.45, 7) is 7.46. The summed E-state index contributed by atoms with van der Waals surface area (Å²) in [4.78, 5) is 4.35. The van der Waals surface area contributed by atoms with Crippen LogP contribution >= 0.6 is 0 Å². The fourth-order valence-corrected chi connectivity index (χ4v) is 1.30. The monoisotopic (exact) mass is 223 g/mol. The minimum atomic E-state index is 0.300. The molecule has 2 unspecified atom stereocenters. The number of nitrogens with zero attached hydrogens (tertiary/aromatic N) is 1. The van der Waals surface area contributed by atoms with Crippen LogP contribution in [0.15, 0.2) is 18.2 Å². The molecule has 4 heteroatoms. The van der Waals surface area contributed by atoms with Gasteiger partial charge in [-0.15, -0.1) is 0 Å². The molecular weight excluding hydrogens is 202 g/mol. The summed E-state index contributed by atoms with van der Waals surface area (Å²) in [7, 11) is 0. The molecule has 0 aromatic carbocycles. The molecule has 0 saturated heterocycles. The molecule has 0 saturated carbocycles. The standard InChI is InChI=1S/C12H21N3O/c1-4-16-12-7-5-6-11(15-12)14-10(3)9(2)8-13/h5-7,9-10H,4,8,13H2,1-3H3,(H,14,15). The van der Waals surface area contributed by atoms with E-state index in [4.69, 9.17) is 10.5 Å². The minimum absolute atomic E-state index is 0.300. The van der Waals surface area contributed by atoms with Crippen LogP contribution in [-0.4, -0.2) is 24.2 Å². The summed E-state index contributed by atoms with van der Waals surface area (Å²) < 4.78 is 5.34. The molecule has 4 nitrogen and oxygen atoms in total. The maximum absolute atomic E-state index is 5.62. The highest BCUT2D eigenvalue weighted by molar-refractivity contribution is 5.38. The quantitative estimate of drug-likeness (QED) is 0.773. The zero-order valence-corrected chi connectivity index (χ0v) is 10.2. The van der Waals surface area contributed by atoms with Gasteiger partial charge in [0.1, 0.15) is 5.82 Å². The first-order valence-corrected chi connectivity index (χ1v) is 5.73. The van der Waals surface area contributed by atoms with Gasteiger partial charge in [-0.3, -0.25) is 0 Å². The Balaban J connectivity index is 2.62. The van der Waals surface area contributed by atoms with E-state index in [2.05, 4.69) is 24.1 Å². The fourth-order valence-electron chi connectivity index (χ4n) is 1.30. The van der Waals surface area contributed by atoms with Crippen molar-refractivity contribution < 1.29 is 4.74 Å². The highest BCUT2D eigenvalue weighted by Crippen LogP contribution is 2.14. The third-order valence-corrected chi connectivity index (χ3v) is 2.62. The Bertz CT molecular complexity index is 317. The van der Waals surface area contributed by atoms with Crippen LogP contribution in [0, 0.1) is 5.92 Å². The number of rotatable bonds is 6. The number of nitrogens with two attached hydrogens (primary N) is 1. The lowest BCUT2D eigenvalue weighted by molar-refractivity contribution is 0.327. The molecule has 0 amide bonds. The second-order valence-corrected chi connectivity index (χ2v) is 3.94. The van der Waals surface area contributed by atoms with Crippen LogP contribution in [0.25, 0.3) is 0 Å². The molecule has 90 valence electrons. The van der Waals surface area contributed by atoms with Crippen LogP contribution in [-0.2, 0) is 0 Å². The number of aromatic nitrogens is 1. The summed E-state index contributed by atoms with van der Waals surface area (Å²) in [5.74, 6) is 1.90. The summed E-state index contributed by atoms with van der Waals surface area (Å²) in [5, 5.41) is 3.32. The van der Waals surface area contributed by atoms with Gasteiger partial charge in [0.25, 0.3) is 0 Å². The Morgan fingerprint density at radius 2 is 2.19 bits per heavy atom. The first kappa shape index (κ1) is 12.8. The molecule has 1 heterocycles. The molecule has 0 bridgehead atoms. The van der Waals surface area contributed by atoms with Crippen molar-refractivity contribution in [3.05, 3.63) is 18.2 Å². The molecular formula is C12H21N3O. The number of anilines is 1. The third kappa shape index (κ3) is 3.70. The van der Waals surface area contributed by atoms with Crippen molar-refractivity contribution >= 4 is 5.82 Å². The van der Waals surface area contributed by atoms with Gasteiger partial charge in [0, 0.05) is 12.1 Å². The average Bonchev–Trinajstić information content (AvgIpc) is 2.29. The first-order chi connectivity index (χ1) is 7.67. The second-order valence-electron chi connectivity index (χ2n) is 3.94. The Labute approximate surface area is 97.2 Å². The summed E-state index contributed by atoms with van der Waals surface area (Å²) in [6, 6.07) is 6.02. The predicted octanol–water partition coefficient (Wildman–Crippen LogP) is 1.88. The van der Waals surface area contributed by atoms with Crippen LogP contribution in [0.5, 0.6) is 5.88 Å². The van der Waals surface area contributed by atoms with Crippen LogP contribution in [0.3, 0.4) is 0 Å². The van der Waals surface area contributed by atoms with Gasteiger partial charge in [-0.05, 0) is 32.4 Å². The van der Waals surface area contributed by atoms with Gasteiger partial charge in [-0.2, -0.15) is 4.98 Å². The topological polar surface area (TPSA) is 60.2 Å². The maximum Gasteiger partial charge on any atom is 0.215 e. The molecule has 0 spiro atoms. The van der Waals surface area contributed by atoms with E-state index >= 15 is 0 Å². The predicted molar refractivity (Wildman–Crippen MR) is 66.7 cm³/mol. The molecule has 0 aliphatic carbocycles. The van der Waals surface area contributed by atoms with Crippen LogP contribution < -0.4 is 15.8 Å². The Morgan fingerprint density at radius 3 is 2.81 bits per heavy atom. The van der Waals surface area contributed by atoms with E-state index in [1.807, 2.05) is 25.1 Å². The lowest BCUT2D eigenvalue weighted by Gasteiger charge is -2.20. The van der Waals surface area contributed by atoms with Crippen molar-refractivity contribution in [3.8, 4) is 5.88 Å². The number of hydrogen-bond acceptors (Lipinski definition) is 4. The van der Waals surface area contributed by atoms with Crippen molar-refractivity contribution in [2.45, 2.75) is 26.8 Å². The second kappa shape index (κ2) is 6.33. The molecule has 0 aliphatic heterocycles. The van der Waals surface area contributed by atoms with Gasteiger partial charge in [0.2, 0.25) is 5.88 Å². The van der Waals surface area contributed by atoms with E-state index < -0.39 is 0 Å². The van der Waals surface area contributed by atoms with Gasteiger partial charge < -0.3 is 15.8 Å². The van der Waals surface area contributed by atoms with Crippen LogP contribution in [0.2, 0.25) is 0 Å². The van der Waals surface area contributed by atoms with E-state index in [0.29, 0.717) is 31.0 Å². The summed E-state index contributed by atoms with van der Waals surface area (Å²) >= 11 is 0. The smallest absolute Gasteiger partial charge is 0.215 e. The van der Waals surface area contributed by atoms with E-state index in [9.17, 15) is 0 Å². The van der Waals surface area contributed by atoms with Gasteiger partial charge in [0.05, 0.1) is 6.61 Å². The summed E-state index contributed by atoms with van der Waals surface area (Å²) in [6.07, 6.45) is 0. The largest absolute Gasteiger partial charge is 0.478 e. The van der Waals surface area contributed by atoms with E-state index in [1.165, 1.54) is 0 Å². The van der Waals surface area contributed by atoms with E-state index in [1.54, 1.807) is 0 Å². The van der Waals surface area contributed by atoms with Crippen LogP contribution in [0.4, 0.5) is 5.82 Å². The SMILES string of the molecule is CCOc1cccc(NC(C)C(C)CN)n1. The van der Waals surface area contributed by atoms with Gasteiger partial charge in [-0.25, -0.2) is 0 Å². The van der Waals surface area contributed by atoms with Gasteiger partial charge in [0.15, 0.2) is 0 Å². The Kier molecular flexibility index (Phi) is 5.05. The molecule has 1 aromatic heterocycles. The van der Waals surface area contributed by atoms with E-state index in [-0.39, 0.29) is 0 Å². The van der Waals surface area contributed by atoms with Gasteiger partial charge in [-0.1, -0.05) is 13.0 Å².